The molecule has 0 saturated carbocycles. The smallest absolute Gasteiger partial charge is 0.248 e. The van der Waals surface area contributed by atoms with Gasteiger partial charge in [-0.05, 0) is 51.0 Å². The molecule has 3 aliphatic rings. The van der Waals surface area contributed by atoms with Gasteiger partial charge in [0.25, 0.3) is 0 Å². The van der Waals surface area contributed by atoms with Crippen LogP contribution in [0.5, 0.6) is 0 Å². The summed E-state index contributed by atoms with van der Waals surface area (Å²) in [5.74, 6) is -2.24. The summed E-state index contributed by atoms with van der Waals surface area (Å²) in [5.41, 5.74) is -1.12. The lowest BCUT2D eigenvalue weighted by Gasteiger charge is -2.41. The highest BCUT2D eigenvalue weighted by Crippen LogP contribution is 2.66. The SMILES string of the molecule is C=CCN(CCC)C(=O)[C@H]1[C@H]2C(=O)N([C@@H](CO)Cc3ccccc3)C(C(=O)N(CC=C)C(C)CCC)C23CC(C)[C@]1(C)O3. The number of likely N-dealkylation sites (tertiary alicyclic amines) is 1. The average molecular weight is 594 g/mol. The van der Waals surface area contributed by atoms with E-state index in [0.717, 1.165) is 24.8 Å². The summed E-state index contributed by atoms with van der Waals surface area (Å²) in [6.45, 7) is 18.8. The third-order valence-corrected chi connectivity index (χ3v) is 10.2. The molecule has 2 bridgehead atoms. The standard InChI is InChI=1S/C35H51N3O5/c1-8-15-25(6)37(20-11-4)33(42)30-35-22-24(5)34(7,43-35)28(31(40)36(18-9-2)19-10-3)29(35)32(41)38(30)27(23-39)21-26-16-13-12-14-17-26/h9,11-14,16-17,24-25,27-30,39H,2,4,8,10,15,18-23H2,1,3,5-7H3/t24?,25?,27-,28-,29+,30?,34+,35?/m1/s1. The molecule has 3 amide bonds. The fraction of sp³-hybridized carbons (Fsp3) is 0.629. The Morgan fingerprint density at radius 3 is 2.40 bits per heavy atom. The van der Waals surface area contributed by atoms with Gasteiger partial charge in [-0.3, -0.25) is 14.4 Å². The molecule has 43 heavy (non-hydrogen) atoms. The fourth-order valence-electron chi connectivity index (χ4n) is 8.13. The van der Waals surface area contributed by atoms with Crippen molar-refractivity contribution in [3.63, 3.8) is 0 Å². The second kappa shape index (κ2) is 13.3. The first-order valence-electron chi connectivity index (χ1n) is 16.0. The van der Waals surface area contributed by atoms with Crippen LogP contribution in [0.2, 0.25) is 0 Å². The van der Waals surface area contributed by atoms with E-state index < -0.39 is 35.1 Å². The Bertz CT molecular complexity index is 1190. The highest BCUT2D eigenvalue weighted by molar-refractivity contribution is 5.99. The molecule has 236 valence electrons. The third-order valence-electron chi connectivity index (χ3n) is 10.2. The van der Waals surface area contributed by atoms with Crippen LogP contribution in [-0.4, -0.2) is 93.1 Å². The maximum absolute atomic E-state index is 14.8. The van der Waals surface area contributed by atoms with Crippen LogP contribution >= 0.6 is 0 Å². The van der Waals surface area contributed by atoms with Crippen LogP contribution in [0.3, 0.4) is 0 Å². The second-order valence-electron chi connectivity index (χ2n) is 13.0. The zero-order valence-corrected chi connectivity index (χ0v) is 26.7. The summed E-state index contributed by atoms with van der Waals surface area (Å²) in [5, 5.41) is 10.8. The number of amides is 3. The van der Waals surface area contributed by atoms with E-state index in [2.05, 4.69) is 27.0 Å². The number of carbonyl (C=O) groups is 3. The van der Waals surface area contributed by atoms with Crippen molar-refractivity contribution >= 4 is 17.7 Å². The number of benzene rings is 1. The van der Waals surface area contributed by atoms with Gasteiger partial charge in [0.2, 0.25) is 17.7 Å². The summed E-state index contributed by atoms with van der Waals surface area (Å²) in [4.78, 5) is 49.2. The van der Waals surface area contributed by atoms with Crippen LogP contribution in [0.25, 0.3) is 0 Å². The first-order valence-corrected chi connectivity index (χ1v) is 16.0. The molecular formula is C35H51N3O5. The van der Waals surface area contributed by atoms with Gasteiger partial charge in [0, 0.05) is 25.7 Å². The summed E-state index contributed by atoms with van der Waals surface area (Å²) in [6, 6.07) is 7.99. The van der Waals surface area contributed by atoms with Crippen molar-refractivity contribution in [2.75, 3.05) is 26.2 Å². The Kier molecular flexibility index (Phi) is 10.2. The Hall–Kier alpha value is -2.97. The minimum Gasteiger partial charge on any atom is -0.394 e. The van der Waals surface area contributed by atoms with E-state index in [1.165, 1.54) is 0 Å². The normalized spacial score (nSPS) is 30.6. The lowest BCUT2D eigenvalue weighted by atomic mass is 9.62. The monoisotopic (exact) mass is 593 g/mol. The van der Waals surface area contributed by atoms with E-state index in [9.17, 15) is 19.5 Å². The van der Waals surface area contributed by atoms with Crippen molar-refractivity contribution < 1.29 is 24.2 Å². The molecule has 8 nitrogen and oxygen atoms in total. The highest BCUT2D eigenvalue weighted by atomic mass is 16.5. The van der Waals surface area contributed by atoms with Crippen molar-refractivity contribution in [2.45, 2.75) is 96.1 Å². The highest BCUT2D eigenvalue weighted by Gasteiger charge is 2.80. The zero-order chi connectivity index (χ0) is 31.5. The molecule has 0 radical (unpaired) electrons. The van der Waals surface area contributed by atoms with Gasteiger partial charge in [0.05, 0.1) is 30.1 Å². The summed E-state index contributed by atoms with van der Waals surface area (Å²) >= 11 is 0. The van der Waals surface area contributed by atoms with Crippen molar-refractivity contribution in [2.24, 2.45) is 17.8 Å². The Morgan fingerprint density at radius 1 is 1.14 bits per heavy atom. The molecular weight excluding hydrogens is 542 g/mol. The quantitative estimate of drug-likeness (QED) is 0.308. The van der Waals surface area contributed by atoms with Gasteiger partial charge in [-0.1, -0.05) is 69.7 Å². The average Bonchev–Trinajstić information content (AvgIpc) is 3.50. The molecule has 4 unspecified atom stereocenters. The number of ether oxygens (including phenoxy) is 1. The summed E-state index contributed by atoms with van der Waals surface area (Å²) < 4.78 is 6.98. The topological polar surface area (TPSA) is 90.4 Å². The molecule has 4 rings (SSSR count). The largest absolute Gasteiger partial charge is 0.394 e. The molecule has 3 saturated heterocycles. The van der Waals surface area contributed by atoms with Crippen molar-refractivity contribution in [3.8, 4) is 0 Å². The van der Waals surface area contributed by atoms with E-state index in [4.69, 9.17) is 4.74 Å². The van der Waals surface area contributed by atoms with E-state index in [-0.39, 0.29) is 36.3 Å². The maximum Gasteiger partial charge on any atom is 0.248 e. The number of aliphatic hydroxyl groups excluding tert-OH is 1. The maximum atomic E-state index is 14.8. The zero-order valence-electron chi connectivity index (χ0n) is 26.7. The van der Waals surface area contributed by atoms with Gasteiger partial charge in [-0.2, -0.15) is 0 Å². The van der Waals surface area contributed by atoms with E-state index in [1.807, 2.05) is 51.1 Å². The molecule has 3 fully saturated rings. The molecule has 1 spiro atoms. The molecule has 3 heterocycles. The summed E-state index contributed by atoms with van der Waals surface area (Å²) in [7, 11) is 0. The Labute approximate surface area is 257 Å². The number of rotatable bonds is 15. The number of hydrogen-bond acceptors (Lipinski definition) is 5. The summed E-state index contributed by atoms with van der Waals surface area (Å²) in [6.07, 6.45) is 6.76. The van der Waals surface area contributed by atoms with Gasteiger partial charge in [0.1, 0.15) is 11.6 Å². The van der Waals surface area contributed by atoms with Crippen LogP contribution in [0.4, 0.5) is 0 Å². The predicted molar refractivity (Wildman–Crippen MR) is 168 cm³/mol. The molecule has 1 N–H and O–H groups in total. The Morgan fingerprint density at radius 2 is 1.81 bits per heavy atom. The second-order valence-corrected chi connectivity index (χ2v) is 13.0. The molecule has 1 aromatic carbocycles. The van der Waals surface area contributed by atoms with Gasteiger partial charge < -0.3 is 24.5 Å². The molecule has 0 aliphatic carbocycles. The van der Waals surface area contributed by atoms with Gasteiger partial charge in [-0.15, -0.1) is 13.2 Å². The van der Waals surface area contributed by atoms with Crippen molar-refractivity contribution in [3.05, 3.63) is 61.2 Å². The third kappa shape index (κ3) is 5.57. The van der Waals surface area contributed by atoms with Gasteiger partial charge in [0.15, 0.2) is 0 Å². The van der Waals surface area contributed by atoms with Crippen LogP contribution in [0.15, 0.2) is 55.6 Å². The number of carbonyl (C=O) groups excluding carboxylic acids is 3. The van der Waals surface area contributed by atoms with Crippen LogP contribution in [0.1, 0.15) is 65.9 Å². The van der Waals surface area contributed by atoms with Crippen molar-refractivity contribution in [1.29, 1.82) is 0 Å². The molecule has 8 heteroatoms. The van der Waals surface area contributed by atoms with Crippen molar-refractivity contribution in [1.82, 2.24) is 14.7 Å². The van der Waals surface area contributed by atoms with E-state index >= 15 is 0 Å². The van der Waals surface area contributed by atoms with Gasteiger partial charge in [-0.25, -0.2) is 0 Å². The first kappa shape index (κ1) is 32.9. The minimum atomic E-state index is -1.18. The first-order chi connectivity index (χ1) is 20.6. The number of nitrogens with zero attached hydrogens (tertiary/aromatic N) is 3. The minimum absolute atomic E-state index is 0.0597. The lowest BCUT2D eigenvalue weighted by Crippen LogP contribution is -2.60. The van der Waals surface area contributed by atoms with E-state index in [0.29, 0.717) is 32.5 Å². The number of fused-ring (bicyclic) bond motifs is 1. The van der Waals surface area contributed by atoms with Crippen LogP contribution in [0, 0.1) is 17.8 Å². The molecule has 3 aliphatic heterocycles. The lowest BCUT2D eigenvalue weighted by molar-refractivity contribution is -0.158. The molecule has 1 aromatic rings. The molecule has 0 aromatic heterocycles. The van der Waals surface area contributed by atoms with Gasteiger partial charge >= 0.3 is 0 Å². The fourth-order valence-corrected chi connectivity index (χ4v) is 8.13. The van der Waals surface area contributed by atoms with Crippen LogP contribution < -0.4 is 0 Å². The predicted octanol–water partition coefficient (Wildman–Crippen LogP) is 4.23. The van der Waals surface area contributed by atoms with Crippen LogP contribution in [-0.2, 0) is 25.5 Å². The van der Waals surface area contributed by atoms with E-state index in [1.54, 1.807) is 26.9 Å². The Balaban J connectivity index is 1.87. The molecule has 8 atom stereocenters. The number of aliphatic hydroxyl groups is 1. The number of hydrogen-bond donors (Lipinski definition) is 1.